The quantitative estimate of drug-likeness (QED) is 0.817. The number of hydrogen-bond donors (Lipinski definition) is 1. The maximum Gasteiger partial charge on any atom is 0.192 e. The monoisotopic (exact) mass is 247 g/mol. The van der Waals surface area contributed by atoms with Crippen molar-refractivity contribution in [2.75, 3.05) is 19.7 Å². The van der Waals surface area contributed by atoms with Crippen molar-refractivity contribution in [3.05, 3.63) is 29.8 Å². The number of benzene rings is 1. The Bertz CT molecular complexity index is 419. The van der Waals surface area contributed by atoms with Gasteiger partial charge < -0.3 is 14.8 Å². The molecule has 1 saturated heterocycles. The molecule has 1 aliphatic heterocycles. The second-order valence-corrected chi connectivity index (χ2v) is 4.77. The molecule has 1 aromatic rings. The molecule has 1 saturated carbocycles. The highest BCUT2D eigenvalue weighted by atomic mass is 16.5. The number of carbonyl (C=O) groups excluding carboxylic acids is 1. The van der Waals surface area contributed by atoms with Gasteiger partial charge in [-0.1, -0.05) is 0 Å². The molecule has 4 nitrogen and oxygen atoms in total. The fourth-order valence-electron chi connectivity index (χ4n) is 2.00. The minimum atomic E-state index is -0.353. The summed E-state index contributed by atoms with van der Waals surface area (Å²) in [6, 6.07) is 7.36. The highest BCUT2D eigenvalue weighted by molar-refractivity contribution is 5.99. The van der Waals surface area contributed by atoms with Gasteiger partial charge in [0.15, 0.2) is 5.78 Å². The van der Waals surface area contributed by atoms with E-state index in [4.69, 9.17) is 9.47 Å². The van der Waals surface area contributed by atoms with Crippen LogP contribution in [0.25, 0.3) is 0 Å². The SMILES string of the molecule is O=C(c1ccc(OC2CC2)cc1)C1CNCCO1. The minimum Gasteiger partial charge on any atom is -0.490 e. The van der Waals surface area contributed by atoms with E-state index >= 15 is 0 Å². The molecule has 1 unspecified atom stereocenters. The van der Waals surface area contributed by atoms with Crippen LogP contribution >= 0.6 is 0 Å². The molecule has 1 heterocycles. The Morgan fingerprint density at radius 3 is 2.67 bits per heavy atom. The van der Waals surface area contributed by atoms with Gasteiger partial charge in [0.1, 0.15) is 11.9 Å². The van der Waals surface area contributed by atoms with Gasteiger partial charge in [-0.3, -0.25) is 4.79 Å². The summed E-state index contributed by atoms with van der Waals surface area (Å²) in [7, 11) is 0. The topological polar surface area (TPSA) is 47.6 Å². The van der Waals surface area contributed by atoms with Crippen molar-refractivity contribution in [2.45, 2.75) is 25.0 Å². The average Bonchev–Trinajstić information content (AvgIpc) is 3.24. The molecule has 4 heteroatoms. The van der Waals surface area contributed by atoms with Gasteiger partial charge in [0.05, 0.1) is 12.7 Å². The van der Waals surface area contributed by atoms with E-state index in [0.717, 1.165) is 25.1 Å². The van der Waals surface area contributed by atoms with Crippen LogP contribution in [0.1, 0.15) is 23.2 Å². The summed E-state index contributed by atoms with van der Waals surface area (Å²) in [5.41, 5.74) is 0.687. The predicted molar refractivity (Wildman–Crippen MR) is 67.0 cm³/mol. The fourth-order valence-corrected chi connectivity index (χ4v) is 2.00. The van der Waals surface area contributed by atoms with E-state index in [-0.39, 0.29) is 11.9 Å². The number of Topliss-reactive ketones (excluding diaryl/α,β-unsaturated/α-hetero) is 1. The van der Waals surface area contributed by atoms with E-state index < -0.39 is 0 Å². The summed E-state index contributed by atoms with van der Waals surface area (Å²) in [5.74, 6) is 0.886. The zero-order chi connectivity index (χ0) is 12.4. The Morgan fingerprint density at radius 2 is 2.06 bits per heavy atom. The lowest BCUT2D eigenvalue weighted by molar-refractivity contribution is 0.0269. The molecule has 96 valence electrons. The third kappa shape index (κ3) is 2.71. The number of nitrogens with one attached hydrogen (secondary N) is 1. The van der Waals surface area contributed by atoms with E-state index in [9.17, 15) is 4.79 Å². The van der Waals surface area contributed by atoms with Gasteiger partial charge in [-0.15, -0.1) is 0 Å². The first-order chi connectivity index (χ1) is 8.83. The molecule has 0 spiro atoms. The predicted octanol–water partition coefficient (Wildman–Crippen LogP) is 1.40. The van der Waals surface area contributed by atoms with Gasteiger partial charge in [-0.2, -0.15) is 0 Å². The molecule has 1 N–H and O–H groups in total. The maximum absolute atomic E-state index is 12.1. The minimum absolute atomic E-state index is 0.0418. The van der Waals surface area contributed by atoms with Crippen molar-refractivity contribution in [1.29, 1.82) is 0 Å². The third-order valence-corrected chi connectivity index (χ3v) is 3.19. The number of hydrogen-bond acceptors (Lipinski definition) is 4. The third-order valence-electron chi connectivity index (χ3n) is 3.19. The van der Waals surface area contributed by atoms with Crippen molar-refractivity contribution in [3.63, 3.8) is 0 Å². The van der Waals surface area contributed by atoms with Gasteiger partial charge in [0.2, 0.25) is 0 Å². The zero-order valence-corrected chi connectivity index (χ0v) is 10.2. The van der Waals surface area contributed by atoms with Crippen molar-refractivity contribution >= 4 is 5.78 Å². The van der Waals surface area contributed by atoms with E-state index in [1.807, 2.05) is 24.3 Å². The lowest BCUT2D eigenvalue weighted by Crippen LogP contribution is -2.43. The van der Waals surface area contributed by atoms with E-state index in [1.165, 1.54) is 0 Å². The summed E-state index contributed by atoms with van der Waals surface area (Å²) < 4.78 is 11.1. The Hall–Kier alpha value is -1.39. The first kappa shape index (κ1) is 11.7. The van der Waals surface area contributed by atoms with Gasteiger partial charge in [0, 0.05) is 18.7 Å². The molecule has 18 heavy (non-hydrogen) atoms. The lowest BCUT2D eigenvalue weighted by atomic mass is 10.1. The Labute approximate surface area is 106 Å². The molecule has 0 amide bonds. The summed E-state index contributed by atoms with van der Waals surface area (Å²) in [4.78, 5) is 12.1. The molecule has 3 rings (SSSR count). The van der Waals surface area contributed by atoms with Crippen LogP contribution in [0.15, 0.2) is 24.3 Å². The van der Waals surface area contributed by atoms with Crippen LogP contribution in [-0.2, 0) is 4.74 Å². The molecule has 0 aromatic heterocycles. The summed E-state index contributed by atoms with van der Waals surface area (Å²) in [6.07, 6.45) is 2.32. The van der Waals surface area contributed by atoms with Gasteiger partial charge in [-0.05, 0) is 37.1 Å². The summed E-state index contributed by atoms with van der Waals surface area (Å²) in [5, 5.41) is 3.16. The van der Waals surface area contributed by atoms with Crippen molar-refractivity contribution in [1.82, 2.24) is 5.32 Å². The number of morpholine rings is 1. The van der Waals surface area contributed by atoms with Gasteiger partial charge in [0.25, 0.3) is 0 Å². The molecular formula is C14H17NO3. The van der Waals surface area contributed by atoms with Crippen LogP contribution in [0.5, 0.6) is 5.75 Å². The Kier molecular flexibility index (Phi) is 3.30. The first-order valence-corrected chi connectivity index (χ1v) is 6.46. The van der Waals surface area contributed by atoms with E-state index in [0.29, 0.717) is 24.8 Å². The summed E-state index contributed by atoms with van der Waals surface area (Å²) in [6.45, 7) is 2.01. The molecule has 0 radical (unpaired) electrons. The standard InChI is InChI=1S/C14H17NO3/c16-14(13-9-15-7-8-17-13)10-1-3-11(4-2-10)18-12-5-6-12/h1-4,12-13,15H,5-9H2. The fraction of sp³-hybridized carbons (Fsp3) is 0.500. The number of ketones is 1. The Balaban J connectivity index is 1.65. The Morgan fingerprint density at radius 1 is 1.28 bits per heavy atom. The molecule has 1 aromatic carbocycles. The highest BCUT2D eigenvalue weighted by Crippen LogP contribution is 2.26. The van der Waals surface area contributed by atoms with E-state index in [2.05, 4.69) is 5.32 Å². The van der Waals surface area contributed by atoms with E-state index in [1.54, 1.807) is 0 Å². The smallest absolute Gasteiger partial charge is 0.192 e. The summed E-state index contributed by atoms with van der Waals surface area (Å²) >= 11 is 0. The molecule has 1 aliphatic carbocycles. The second kappa shape index (κ2) is 5.08. The van der Waals surface area contributed by atoms with Crippen LogP contribution in [0.2, 0.25) is 0 Å². The number of carbonyl (C=O) groups is 1. The largest absolute Gasteiger partial charge is 0.490 e. The maximum atomic E-state index is 12.1. The molecule has 2 aliphatic rings. The first-order valence-electron chi connectivity index (χ1n) is 6.46. The van der Waals surface area contributed by atoms with Crippen LogP contribution in [0.3, 0.4) is 0 Å². The van der Waals surface area contributed by atoms with Gasteiger partial charge in [-0.25, -0.2) is 0 Å². The van der Waals surface area contributed by atoms with Crippen molar-refractivity contribution < 1.29 is 14.3 Å². The zero-order valence-electron chi connectivity index (χ0n) is 10.2. The molecule has 2 fully saturated rings. The van der Waals surface area contributed by atoms with Crippen LogP contribution in [-0.4, -0.2) is 37.7 Å². The van der Waals surface area contributed by atoms with Crippen molar-refractivity contribution in [3.8, 4) is 5.75 Å². The van der Waals surface area contributed by atoms with Gasteiger partial charge >= 0.3 is 0 Å². The normalized spacial score (nSPS) is 23.7. The molecule has 0 bridgehead atoms. The second-order valence-electron chi connectivity index (χ2n) is 4.77. The molecular weight excluding hydrogens is 230 g/mol. The van der Waals surface area contributed by atoms with Crippen molar-refractivity contribution in [2.24, 2.45) is 0 Å². The average molecular weight is 247 g/mol. The lowest BCUT2D eigenvalue weighted by Gasteiger charge is -2.22. The van der Waals surface area contributed by atoms with Crippen LogP contribution in [0, 0.1) is 0 Å². The van der Waals surface area contributed by atoms with Crippen LogP contribution in [0.4, 0.5) is 0 Å². The van der Waals surface area contributed by atoms with Crippen LogP contribution < -0.4 is 10.1 Å². The highest BCUT2D eigenvalue weighted by Gasteiger charge is 2.25. The molecule has 1 atom stereocenters. The number of ether oxygens (including phenoxy) is 2. The number of rotatable bonds is 4.